The van der Waals surface area contributed by atoms with Gasteiger partial charge in [0.1, 0.15) is 0 Å². The van der Waals surface area contributed by atoms with E-state index in [9.17, 15) is 9.59 Å². The van der Waals surface area contributed by atoms with Gasteiger partial charge >= 0.3 is 0 Å². The highest BCUT2D eigenvalue weighted by Crippen LogP contribution is 2.20. The second-order valence-corrected chi connectivity index (χ2v) is 6.72. The third kappa shape index (κ3) is 4.60. The van der Waals surface area contributed by atoms with Crippen molar-refractivity contribution in [2.75, 3.05) is 13.1 Å². The summed E-state index contributed by atoms with van der Waals surface area (Å²) in [6, 6.07) is 16.8. The number of likely N-dealkylation sites (tertiary alicyclic amines) is 1. The molecule has 1 N–H and O–H groups in total. The summed E-state index contributed by atoms with van der Waals surface area (Å²) in [5.41, 5.74) is 1.68. The van der Waals surface area contributed by atoms with Crippen molar-refractivity contribution in [3.63, 3.8) is 0 Å². The number of nitrogens with zero attached hydrogens (tertiary/aromatic N) is 1. The second-order valence-electron chi connectivity index (χ2n) is 6.28. The molecule has 130 valence electrons. The van der Waals surface area contributed by atoms with E-state index in [2.05, 4.69) is 5.32 Å². The third-order valence-electron chi connectivity index (χ3n) is 4.53. The monoisotopic (exact) mass is 356 g/mol. The summed E-state index contributed by atoms with van der Waals surface area (Å²) in [7, 11) is 0. The van der Waals surface area contributed by atoms with Gasteiger partial charge in [0, 0.05) is 36.1 Å². The molecule has 0 radical (unpaired) electrons. The Kier molecular flexibility index (Phi) is 5.71. The van der Waals surface area contributed by atoms with Gasteiger partial charge in [0.05, 0.1) is 0 Å². The van der Waals surface area contributed by atoms with E-state index >= 15 is 0 Å². The van der Waals surface area contributed by atoms with Crippen molar-refractivity contribution in [3.8, 4) is 0 Å². The maximum atomic E-state index is 12.5. The number of carbonyl (C=O) groups is 2. The minimum absolute atomic E-state index is 0.0226. The van der Waals surface area contributed by atoms with Crippen LogP contribution < -0.4 is 5.32 Å². The van der Waals surface area contributed by atoms with Crippen LogP contribution in [0.25, 0.3) is 0 Å². The van der Waals surface area contributed by atoms with Crippen molar-refractivity contribution < 1.29 is 9.59 Å². The van der Waals surface area contributed by atoms with E-state index in [4.69, 9.17) is 11.6 Å². The van der Waals surface area contributed by atoms with Gasteiger partial charge in [-0.25, -0.2) is 0 Å². The topological polar surface area (TPSA) is 49.4 Å². The van der Waals surface area contributed by atoms with Crippen LogP contribution in [0.15, 0.2) is 54.6 Å². The molecule has 2 amide bonds. The minimum Gasteiger partial charge on any atom is -0.352 e. The fourth-order valence-electron chi connectivity index (χ4n) is 3.08. The number of amides is 2. The largest absolute Gasteiger partial charge is 0.352 e. The Morgan fingerprint density at radius 2 is 1.76 bits per heavy atom. The number of hydrogen-bond acceptors (Lipinski definition) is 2. The smallest absolute Gasteiger partial charge is 0.253 e. The molecule has 1 aliphatic heterocycles. The summed E-state index contributed by atoms with van der Waals surface area (Å²) in [5, 5.41) is 3.55. The molecule has 2 aromatic carbocycles. The van der Waals surface area contributed by atoms with Crippen LogP contribution in [-0.2, 0) is 11.3 Å². The standard InChI is InChI=1S/C20H21ClN2O2/c21-18-8-4-7-17(13-18)20(25)23-11-9-16(10-12-23)19(24)22-14-15-5-2-1-3-6-15/h1-8,13,16H,9-12,14H2,(H,22,24). The summed E-state index contributed by atoms with van der Waals surface area (Å²) >= 11 is 5.95. The third-order valence-corrected chi connectivity index (χ3v) is 4.77. The van der Waals surface area contributed by atoms with Gasteiger partial charge in [0.2, 0.25) is 5.91 Å². The van der Waals surface area contributed by atoms with Crippen LogP contribution in [0.1, 0.15) is 28.8 Å². The zero-order valence-electron chi connectivity index (χ0n) is 14.0. The van der Waals surface area contributed by atoms with E-state index < -0.39 is 0 Å². The number of nitrogens with one attached hydrogen (secondary N) is 1. The predicted octanol–water partition coefficient (Wildman–Crippen LogP) is 3.51. The van der Waals surface area contributed by atoms with Gasteiger partial charge in [0.25, 0.3) is 5.91 Å². The number of carbonyl (C=O) groups excluding carboxylic acids is 2. The van der Waals surface area contributed by atoms with Crippen molar-refractivity contribution in [1.82, 2.24) is 10.2 Å². The SMILES string of the molecule is O=C(NCc1ccccc1)C1CCN(C(=O)c2cccc(Cl)c2)CC1. The van der Waals surface area contributed by atoms with E-state index in [-0.39, 0.29) is 17.7 Å². The average Bonchev–Trinajstić information content (AvgIpc) is 2.66. The van der Waals surface area contributed by atoms with Crippen molar-refractivity contribution in [3.05, 3.63) is 70.7 Å². The Morgan fingerprint density at radius 1 is 1.04 bits per heavy atom. The Hall–Kier alpha value is -2.33. The summed E-state index contributed by atoms with van der Waals surface area (Å²) in [6.07, 6.45) is 1.37. The van der Waals surface area contributed by atoms with Crippen LogP contribution in [0, 0.1) is 5.92 Å². The van der Waals surface area contributed by atoms with Crippen molar-refractivity contribution >= 4 is 23.4 Å². The molecule has 0 spiro atoms. The molecule has 0 aliphatic carbocycles. The molecular formula is C20H21ClN2O2. The van der Waals surface area contributed by atoms with E-state index in [1.54, 1.807) is 29.2 Å². The maximum Gasteiger partial charge on any atom is 0.253 e. The van der Waals surface area contributed by atoms with Gasteiger partial charge in [-0.2, -0.15) is 0 Å². The molecule has 0 aromatic heterocycles. The summed E-state index contributed by atoms with van der Waals surface area (Å²) in [4.78, 5) is 26.6. The van der Waals surface area contributed by atoms with Gasteiger partial charge < -0.3 is 10.2 Å². The van der Waals surface area contributed by atoms with E-state index in [1.165, 1.54) is 0 Å². The highest BCUT2D eigenvalue weighted by atomic mass is 35.5. The van der Waals surface area contributed by atoms with Gasteiger partial charge in [-0.1, -0.05) is 48.0 Å². The van der Waals surface area contributed by atoms with E-state index in [0.29, 0.717) is 43.1 Å². The predicted molar refractivity (Wildman–Crippen MR) is 98.4 cm³/mol. The number of rotatable bonds is 4. The Bertz CT molecular complexity index is 740. The van der Waals surface area contributed by atoms with Crippen molar-refractivity contribution in [2.45, 2.75) is 19.4 Å². The molecule has 0 atom stereocenters. The fourth-order valence-corrected chi connectivity index (χ4v) is 3.27. The van der Waals surface area contributed by atoms with Gasteiger partial charge in [-0.3, -0.25) is 9.59 Å². The molecule has 0 bridgehead atoms. The molecule has 1 heterocycles. The van der Waals surface area contributed by atoms with Crippen molar-refractivity contribution in [2.24, 2.45) is 5.92 Å². The summed E-state index contributed by atoms with van der Waals surface area (Å²) < 4.78 is 0. The average molecular weight is 357 g/mol. The minimum atomic E-state index is -0.0351. The number of benzene rings is 2. The lowest BCUT2D eigenvalue weighted by Crippen LogP contribution is -2.42. The summed E-state index contributed by atoms with van der Waals surface area (Å²) in [5.74, 6) is 0.0106. The van der Waals surface area contributed by atoms with Crippen LogP contribution in [0.5, 0.6) is 0 Å². The molecule has 0 saturated carbocycles. The molecule has 1 fully saturated rings. The van der Waals surface area contributed by atoms with Gasteiger partial charge in [-0.05, 0) is 36.6 Å². The van der Waals surface area contributed by atoms with Gasteiger partial charge in [-0.15, -0.1) is 0 Å². The van der Waals surface area contributed by atoms with Crippen LogP contribution >= 0.6 is 11.6 Å². The first-order valence-electron chi connectivity index (χ1n) is 8.50. The number of halogens is 1. The highest BCUT2D eigenvalue weighted by Gasteiger charge is 2.27. The molecule has 2 aromatic rings. The number of piperidine rings is 1. The zero-order chi connectivity index (χ0) is 17.6. The fraction of sp³-hybridized carbons (Fsp3) is 0.300. The maximum absolute atomic E-state index is 12.5. The van der Waals surface area contributed by atoms with Crippen LogP contribution in [0.4, 0.5) is 0 Å². The molecular weight excluding hydrogens is 336 g/mol. The zero-order valence-corrected chi connectivity index (χ0v) is 14.7. The molecule has 1 aliphatic rings. The first-order chi connectivity index (χ1) is 12.1. The second kappa shape index (κ2) is 8.17. The molecule has 25 heavy (non-hydrogen) atoms. The first kappa shape index (κ1) is 17.5. The Morgan fingerprint density at radius 3 is 2.44 bits per heavy atom. The first-order valence-corrected chi connectivity index (χ1v) is 8.88. The lowest BCUT2D eigenvalue weighted by molar-refractivity contribution is -0.126. The highest BCUT2D eigenvalue weighted by molar-refractivity contribution is 6.30. The van der Waals surface area contributed by atoms with E-state index in [0.717, 1.165) is 5.56 Å². The van der Waals surface area contributed by atoms with Crippen LogP contribution in [0.2, 0.25) is 5.02 Å². The molecule has 1 saturated heterocycles. The summed E-state index contributed by atoms with van der Waals surface area (Å²) in [6.45, 7) is 1.73. The Labute approximate surface area is 152 Å². The lowest BCUT2D eigenvalue weighted by atomic mass is 9.95. The molecule has 3 rings (SSSR count). The molecule has 5 heteroatoms. The number of hydrogen-bond donors (Lipinski definition) is 1. The van der Waals surface area contributed by atoms with Crippen LogP contribution in [-0.4, -0.2) is 29.8 Å². The lowest BCUT2D eigenvalue weighted by Gasteiger charge is -2.31. The van der Waals surface area contributed by atoms with Crippen molar-refractivity contribution in [1.29, 1.82) is 0 Å². The van der Waals surface area contributed by atoms with Gasteiger partial charge in [0.15, 0.2) is 0 Å². The quantitative estimate of drug-likeness (QED) is 0.911. The molecule has 4 nitrogen and oxygen atoms in total. The van der Waals surface area contributed by atoms with E-state index in [1.807, 2.05) is 30.3 Å². The molecule has 0 unspecified atom stereocenters. The Balaban J connectivity index is 1.49. The van der Waals surface area contributed by atoms with Crippen LogP contribution in [0.3, 0.4) is 0 Å². The normalized spacial score (nSPS) is 15.0.